The molecule has 0 spiro atoms. The smallest absolute Gasteiger partial charge is 0.108 e. The van der Waals surface area contributed by atoms with Crippen LogP contribution >= 0.6 is 0 Å². The monoisotopic (exact) mass is 263 g/mol. The van der Waals surface area contributed by atoms with Crippen molar-refractivity contribution in [2.45, 2.75) is 82.8 Å². The van der Waals surface area contributed by atoms with E-state index in [-0.39, 0.29) is 5.54 Å². The first kappa shape index (κ1) is 14.8. The van der Waals surface area contributed by atoms with E-state index in [9.17, 15) is 5.26 Å². The van der Waals surface area contributed by atoms with Crippen LogP contribution in [0.3, 0.4) is 0 Å². The summed E-state index contributed by atoms with van der Waals surface area (Å²) in [6, 6.07) is 3.92. The summed E-state index contributed by atoms with van der Waals surface area (Å²) in [6.45, 7) is 6.74. The highest BCUT2D eigenvalue weighted by Gasteiger charge is 2.39. The van der Waals surface area contributed by atoms with Crippen LogP contribution in [0.15, 0.2) is 0 Å². The van der Waals surface area contributed by atoms with Crippen LogP contribution in [0.2, 0.25) is 0 Å². The molecular weight excluding hydrogens is 234 g/mol. The lowest BCUT2D eigenvalue weighted by Gasteiger charge is -2.45. The fraction of sp³-hybridized carbons (Fsp3) is 0.938. The number of piperidine rings is 1. The van der Waals surface area contributed by atoms with Crippen molar-refractivity contribution < 1.29 is 0 Å². The summed E-state index contributed by atoms with van der Waals surface area (Å²) in [5, 5.41) is 13.1. The first-order valence-electron chi connectivity index (χ1n) is 8.13. The molecule has 1 saturated carbocycles. The van der Waals surface area contributed by atoms with Gasteiger partial charge in [0.05, 0.1) is 6.07 Å². The van der Waals surface area contributed by atoms with Gasteiger partial charge in [-0.05, 0) is 65.0 Å². The average Bonchev–Trinajstić information content (AvgIpc) is 2.46. The van der Waals surface area contributed by atoms with Gasteiger partial charge in [-0.2, -0.15) is 5.26 Å². The molecule has 1 aliphatic carbocycles. The van der Waals surface area contributed by atoms with Crippen molar-refractivity contribution in [2.24, 2.45) is 0 Å². The molecule has 1 saturated heterocycles. The number of likely N-dealkylation sites (tertiary alicyclic amines) is 1. The van der Waals surface area contributed by atoms with Crippen molar-refractivity contribution in [3.63, 3.8) is 0 Å². The molecule has 0 bridgehead atoms. The van der Waals surface area contributed by atoms with E-state index in [4.69, 9.17) is 0 Å². The van der Waals surface area contributed by atoms with Crippen molar-refractivity contribution >= 4 is 0 Å². The second kappa shape index (κ2) is 6.72. The van der Waals surface area contributed by atoms with E-state index in [0.29, 0.717) is 12.1 Å². The molecule has 3 atom stereocenters. The fourth-order valence-electron chi connectivity index (χ4n) is 3.86. The number of hydrogen-bond acceptors (Lipinski definition) is 3. The average molecular weight is 263 g/mol. The van der Waals surface area contributed by atoms with Gasteiger partial charge in [-0.3, -0.25) is 10.2 Å². The minimum absolute atomic E-state index is 0.254. The molecule has 0 aromatic carbocycles. The first-order valence-corrected chi connectivity index (χ1v) is 8.13. The van der Waals surface area contributed by atoms with E-state index in [2.05, 4.69) is 30.1 Å². The molecule has 1 heterocycles. The molecule has 0 amide bonds. The Labute approximate surface area is 118 Å². The molecule has 19 heavy (non-hydrogen) atoms. The number of nitrogens with one attached hydrogen (secondary N) is 1. The van der Waals surface area contributed by atoms with E-state index in [1.807, 2.05) is 0 Å². The molecule has 3 nitrogen and oxygen atoms in total. The summed E-state index contributed by atoms with van der Waals surface area (Å²) in [5.41, 5.74) is -0.254. The van der Waals surface area contributed by atoms with Gasteiger partial charge in [0.2, 0.25) is 0 Å². The maximum absolute atomic E-state index is 9.62. The van der Waals surface area contributed by atoms with Crippen molar-refractivity contribution in [3.8, 4) is 6.07 Å². The van der Waals surface area contributed by atoms with E-state index < -0.39 is 0 Å². The lowest BCUT2D eigenvalue weighted by molar-refractivity contribution is 0.0616. The van der Waals surface area contributed by atoms with Crippen LogP contribution in [0.5, 0.6) is 0 Å². The third kappa shape index (κ3) is 3.49. The fourth-order valence-corrected chi connectivity index (χ4v) is 3.86. The Hall–Kier alpha value is -0.590. The van der Waals surface area contributed by atoms with Gasteiger partial charge in [0.1, 0.15) is 5.54 Å². The maximum atomic E-state index is 9.62. The lowest BCUT2D eigenvalue weighted by atomic mass is 9.78. The zero-order chi connectivity index (χ0) is 13.7. The summed E-state index contributed by atoms with van der Waals surface area (Å²) < 4.78 is 0. The second-order valence-corrected chi connectivity index (χ2v) is 6.45. The molecule has 0 aromatic rings. The molecule has 2 aliphatic rings. The van der Waals surface area contributed by atoms with Gasteiger partial charge in [-0.15, -0.1) is 0 Å². The standard InChI is InChI=1S/C16H29N3/c1-3-10-18-16(13-17)9-6-8-15(12-16)19-11-5-4-7-14(19)2/h14-15,18H,3-12H2,1-2H3. The predicted octanol–water partition coefficient (Wildman–Crippen LogP) is 3.07. The van der Waals surface area contributed by atoms with Crippen LogP contribution < -0.4 is 5.32 Å². The lowest BCUT2D eigenvalue weighted by Crippen LogP contribution is -2.55. The summed E-state index contributed by atoms with van der Waals surface area (Å²) >= 11 is 0. The molecule has 3 heteroatoms. The van der Waals surface area contributed by atoms with Gasteiger partial charge < -0.3 is 0 Å². The van der Waals surface area contributed by atoms with Gasteiger partial charge in [-0.1, -0.05) is 13.3 Å². The summed E-state index contributed by atoms with van der Waals surface area (Å²) in [5.74, 6) is 0. The van der Waals surface area contributed by atoms with Crippen molar-refractivity contribution in [1.29, 1.82) is 5.26 Å². The quantitative estimate of drug-likeness (QED) is 0.847. The van der Waals surface area contributed by atoms with E-state index in [1.165, 1.54) is 38.6 Å². The molecule has 1 aliphatic heterocycles. The molecule has 108 valence electrons. The number of hydrogen-bond donors (Lipinski definition) is 1. The molecule has 1 N–H and O–H groups in total. The van der Waals surface area contributed by atoms with Crippen LogP contribution in [0, 0.1) is 11.3 Å². The van der Waals surface area contributed by atoms with E-state index >= 15 is 0 Å². The summed E-state index contributed by atoms with van der Waals surface area (Å²) in [7, 11) is 0. The Morgan fingerprint density at radius 1 is 1.32 bits per heavy atom. The zero-order valence-electron chi connectivity index (χ0n) is 12.6. The van der Waals surface area contributed by atoms with Crippen LogP contribution in [-0.2, 0) is 0 Å². The molecular formula is C16H29N3. The van der Waals surface area contributed by atoms with Crippen LogP contribution in [0.25, 0.3) is 0 Å². The number of rotatable bonds is 4. The van der Waals surface area contributed by atoms with Gasteiger partial charge in [0.15, 0.2) is 0 Å². The third-order valence-electron chi connectivity index (χ3n) is 4.98. The highest BCUT2D eigenvalue weighted by atomic mass is 15.2. The van der Waals surface area contributed by atoms with Crippen LogP contribution in [0.1, 0.15) is 65.2 Å². The Bertz CT molecular complexity index is 322. The molecule has 2 rings (SSSR count). The Kier molecular flexibility index (Phi) is 5.24. The van der Waals surface area contributed by atoms with Gasteiger partial charge >= 0.3 is 0 Å². The van der Waals surface area contributed by atoms with E-state index in [1.54, 1.807) is 0 Å². The van der Waals surface area contributed by atoms with Gasteiger partial charge in [0.25, 0.3) is 0 Å². The van der Waals surface area contributed by atoms with Gasteiger partial charge in [-0.25, -0.2) is 0 Å². The zero-order valence-corrected chi connectivity index (χ0v) is 12.6. The van der Waals surface area contributed by atoms with Crippen molar-refractivity contribution in [2.75, 3.05) is 13.1 Å². The summed E-state index contributed by atoms with van der Waals surface area (Å²) in [6.07, 6.45) is 9.67. The molecule has 0 radical (unpaired) electrons. The SMILES string of the molecule is CCCNC1(C#N)CCCC(N2CCCCC2C)C1. The largest absolute Gasteiger partial charge is 0.299 e. The topological polar surface area (TPSA) is 39.1 Å². The first-order chi connectivity index (χ1) is 9.21. The summed E-state index contributed by atoms with van der Waals surface area (Å²) in [4.78, 5) is 2.68. The predicted molar refractivity (Wildman–Crippen MR) is 78.9 cm³/mol. The number of nitriles is 1. The van der Waals surface area contributed by atoms with Gasteiger partial charge in [0, 0.05) is 12.1 Å². The van der Waals surface area contributed by atoms with Crippen molar-refractivity contribution in [3.05, 3.63) is 0 Å². The van der Waals surface area contributed by atoms with Crippen molar-refractivity contribution in [1.82, 2.24) is 10.2 Å². The molecule has 2 fully saturated rings. The normalized spacial score (nSPS) is 36.9. The molecule has 3 unspecified atom stereocenters. The Morgan fingerprint density at radius 2 is 2.16 bits per heavy atom. The van der Waals surface area contributed by atoms with E-state index in [0.717, 1.165) is 25.8 Å². The number of nitrogens with zero attached hydrogens (tertiary/aromatic N) is 2. The second-order valence-electron chi connectivity index (χ2n) is 6.45. The minimum Gasteiger partial charge on any atom is -0.299 e. The highest BCUT2D eigenvalue weighted by Crippen LogP contribution is 2.33. The third-order valence-corrected chi connectivity index (χ3v) is 4.98. The van der Waals surface area contributed by atoms with Crippen LogP contribution in [-0.4, -0.2) is 35.6 Å². The molecule has 0 aromatic heterocycles. The minimum atomic E-state index is -0.254. The Balaban J connectivity index is 2.00. The Morgan fingerprint density at radius 3 is 2.84 bits per heavy atom. The maximum Gasteiger partial charge on any atom is 0.108 e. The highest BCUT2D eigenvalue weighted by molar-refractivity contribution is 5.11. The van der Waals surface area contributed by atoms with Crippen LogP contribution in [0.4, 0.5) is 0 Å².